The second-order valence-corrected chi connectivity index (χ2v) is 10.3. The molecule has 0 bridgehead atoms. The van der Waals surface area contributed by atoms with Crippen LogP contribution in [0.4, 0.5) is 14.5 Å². The number of fused-ring (bicyclic) bond motifs is 1. The Kier molecular flexibility index (Phi) is 6.71. The summed E-state index contributed by atoms with van der Waals surface area (Å²) >= 11 is 0. The highest BCUT2D eigenvalue weighted by Crippen LogP contribution is 2.39. The Balaban J connectivity index is 1.34. The first-order valence-corrected chi connectivity index (χ1v) is 12.6. The average Bonchev–Trinajstić information content (AvgIpc) is 3.28. The van der Waals surface area contributed by atoms with E-state index < -0.39 is 11.6 Å². The van der Waals surface area contributed by atoms with E-state index >= 15 is 0 Å². The van der Waals surface area contributed by atoms with E-state index in [9.17, 15) is 8.78 Å². The molecule has 1 atom stereocenters. The zero-order chi connectivity index (χ0) is 23.8. The molecule has 4 heterocycles. The molecule has 0 amide bonds. The van der Waals surface area contributed by atoms with E-state index in [-0.39, 0.29) is 17.5 Å². The summed E-state index contributed by atoms with van der Waals surface area (Å²) in [5, 5.41) is 0. The molecule has 1 unspecified atom stereocenters. The van der Waals surface area contributed by atoms with Crippen molar-refractivity contribution in [2.45, 2.75) is 51.6 Å². The fourth-order valence-electron chi connectivity index (χ4n) is 5.66. The quantitative estimate of drug-likeness (QED) is 0.657. The number of hydrogen-bond donors (Lipinski definition) is 0. The lowest BCUT2D eigenvalue weighted by molar-refractivity contribution is 0.140. The smallest absolute Gasteiger partial charge is 0.178 e. The van der Waals surface area contributed by atoms with Crippen LogP contribution in [0.1, 0.15) is 38.9 Å². The summed E-state index contributed by atoms with van der Waals surface area (Å²) in [7, 11) is 2.19. The van der Waals surface area contributed by atoms with Crippen molar-refractivity contribution in [2.24, 2.45) is 5.92 Å². The molecule has 2 fully saturated rings. The molecule has 2 aromatic rings. The predicted molar refractivity (Wildman–Crippen MR) is 129 cm³/mol. The van der Waals surface area contributed by atoms with Crippen LogP contribution < -0.4 is 9.64 Å². The van der Waals surface area contributed by atoms with Gasteiger partial charge in [-0.1, -0.05) is 0 Å². The highest BCUT2D eigenvalue weighted by molar-refractivity contribution is 5.72. The van der Waals surface area contributed by atoms with Gasteiger partial charge in [-0.3, -0.25) is 4.90 Å². The summed E-state index contributed by atoms with van der Waals surface area (Å²) in [6.45, 7) is 9.68. The van der Waals surface area contributed by atoms with Gasteiger partial charge in [-0.25, -0.2) is 18.7 Å². The first kappa shape index (κ1) is 23.4. The van der Waals surface area contributed by atoms with Gasteiger partial charge in [0.2, 0.25) is 0 Å². The van der Waals surface area contributed by atoms with E-state index in [2.05, 4.69) is 45.6 Å². The molecule has 184 valence electrons. The maximum absolute atomic E-state index is 14.9. The normalized spacial score (nSPS) is 22.3. The molecule has 0 radical (unpaired) electrons. The topological polar surface area (TPSA) is 44.7 Å². The van der Waals surface area contributed by atoms with Crippen molar-refractivity contribution in [3.05, 3.63) is 35.8 Å². The fourth-order valence-corrected chi connectivity index (χ4v) is 5.66. The van der Waals surface area contributed by atoms with E-state index in [0.717, 1.165) is 32.6 Å². The Morgan fingerprint density at radius 1 is 1.06 bits per heavy atom. The van der Waals surface area contributed by atoms with Gasteiger partial charge in [-0.2, -0.15) is 0 Å². The van der Waals surface area contributed by atoms with Gasteiger partial charge in [-0.15, -0.1) is 0 Å². The number of aromatic nitrogens is 2. The minimum Gasteiger partial charge on any atom is -0.486 e. The van der Waals surface area contributed by atoms with E-state index in [0.29, 0.717) is 48.6 Å². The maximum atomic E-state index is 14.9. The molecule has 0 aliphatic carbocycles. The van der Waals surface area contributed by atoms with Crippen LogP contribution in [0.3, 0.4) is 0 Å². The standard InChI is InChI=1S/C26H35F2N5O/c1-17(2)33-10-11-34-26-21(27)13-19(14-23(26)33)25-22(28)15-29-24(30-25)12-18-4-9-32(16-18)20-5-7-31(3)8-6-20/h13-15,17-18,20H,4-12,16H2,1-3H3. The first-order valence-electron chi connectivity index (χ1n) is 12.6. The van der Waals surface area contributed by atoms with Crippen molar-refractivity contribution >= 4 is 5.69 Å². The highest BCUT2D eigenvalue weighted by Gasteiger charge is 2.31. The number of nitrogens with zero attached hydrogens (tertiary/aromatic N) is 5. The first-order chi connectivity index (χ1) is 16.4. The fraction of sp³-hybridized carbons (Fsp3) is 0.615. The summed E-state index contributed by atoms with van der Waals surface area (Å²) in [5.74, 6) is 0.306. The van der Waals surface area contributed by atoms with Crippen molar-refractivity contribution in [1.82, 2.24) is 19.8 Å². The molecule has 6 nitrogen and oxygen atoms in total. The lowest BCUT2D eigenvalue weighted by atomic mass is 10.0. The lowest BCUT2D eigenvalue weighted by Crippen LogP contribution is -2.42. The number of anilines is 1. The zero-order valence-corrected chi connectivity index (χ0v) is 20.4. The number of halogens is 2. The summed E-state index contributed by atoms with van der Waals surface area (Å²) in [4.78, 5) is 16.0. The van der Waals surface area contributed by atoms with Crippen LogP contribution in [-0.4, -0.2) is 78.2 Å². The summed E-state index contributed by atoms with van der Waals surface area (Å²) in [6.07, 6.45) is 5.50. The lowest BCUT2D eigenvalue weighted by Gasteiger charge is -2.35. The van der Waals surface area contributed by atoms with Crippen molar-refractivity contribution in [1.29, 1.82) is 0 Å². The van der Waals surface area contributed by atoms with E-state index in [1.165, 1.54) is 25.1 Å². The Morgan fingerprint density at radius 3 is 2.62 bits per heavy atom. The SMILES string of the molecule is CC(C)N1CCOc2c(F)cc(-c3nc(CC4CCN(C5CCN(C)CC5)C4)ncc3F)cc21. The maximum Gasteiger partial charge on any atom is 0.178 e. The molecule has 2 saturated heterocycles. The molecule has 0 N–H and O–H groups in total. The molecule has 34 heavy (non-hydrogen) atoms. The highest BCUT2D eigenvalue weighted by atomic mass is 19.1. The van der Waals surface area contributed by atoms with Crippen molar-refractivity contribution in [3.63, 3.8) is 0 Å². The van der Waals surface area contributed by atoms with Crippen LogP contribution in [0.15, 0.2) is 18.3 Å². The van der Waals surface area contributed by atoms with Gasteiger partial charge in [0.15, 0.2) is 17.4 Å². The van der Waals surface area contributed by atoms with Gasteiger partial charge in [0, 0.05) is 30.6 Å². The van der Waals surface area contributed by atoms with Gasteiger partial charge >= 0.3 is 0 Å². The number of piperidine rings is 1. The van der Waals surface area contributed by atoms with Gasteiger partial charge in [0.05, 0.1) is 18.4 Å². The van der Waals surface area contributed by atoms with Crippen LogP contribution in [0, 0.1) is 17.6 Å². The number of rotatable bonds is 5. The van der Waals surface area contributed by atoms with Gasteiger partial charge in [0.25, 0.3) is 0 Å². The monoisotopic (exact) mass is 471 g/mol. The molecule has 5 rings (SSSR count). The van der Waals surface area contributed by atoms with Crippen molar-refractivity contribution in [2.75, 3.05) is 51.3 Å². The molecule has 0 saturated carbocycles. The Labute approximate surface area is 200 Å². The zero-order valence-electron chi connectivity index (χ0n) is 20.4. The van der Waals surface area contributed by atoms with Crippen molar-refractivity contribution < 1.29 is 13.5 Å². The van der Waals surface area contributed by atoms with Gasteiger partial charge in [-0.05, 0) is 77.8 Å². The molecular formula is C26H35F2N5O. The number of hydrogen-bond acceptors (Lipinski definition) is 6. The molecule has 1 aromatic heterocycles. The van der Waals surface area contributed by atoms with Crippen LogP contribution in [0.2, 0.25) is 0 Å². The van der Waals surface area contributed by atoms with Gasteiger partial charge in [0.1, 0.15) is 18.1 Å². The molecule has 1 aromatic carbocycles. The Hall–Kier alpha value is -2.32. The van der Waals surface area contributed by atoms with E-state index in [1.54, 1.807) is 6.07 Å². The number of ether oxygens (including phenoxy) is 1. The summed E-state index contributed by atoms with van der Waals surface area (Å²) in [5.41, 5.74) is 1.24. The third-order valence-electron chi connectivity index (χ3n) is 7.60. The van der Waals surface area contributed by atoms with Crippen molar-refractivity contribution in [3.8, 4) is 17.0 Å². The summed E-state index contributed by atoms with van der Waals surface area (Å²) in [6, 6.07) is 3.97. The van der Waals surface area contributed by atoms with Crippen LogP contribution >= 0.6 is 0 Å². The minimum absolute atomic E-state index is 0.158. The average molecular weight is 472 g/mol. The second-order valence-electron chi connectivity index (χ2n) is 10.3. The minimum atomic E-state index is -0.532. The number of likely N-dealkylation sites (tertiary alicyclic amines) is 2. The van der Waals surface area contributed by atoms with Crippen LogP contribution in [0.5, 0.6) is 5.75 Å². The predicted octanol–water partition coefficient (Wildman–Crippen LogP) is 3.99. The number of benzene rings is 1. The third-order valence-corrected chi connectivity index (χ3v) is 7.60. The van der Waals surface area contributed by atoms with Crippen LogP contribution in [-0.2, 0) is 6.42 Å². The van der Waals surface area contributed by atoms with Crippen LogP contribution in [0.25, 0.3) is 11.3 Å². The van der Waals surface area contributed by atoms with E-state index in [4.69, 9.17) is 4.74 Å². The summed E-state index contributed by atoms with van der Waals surface area (Å²) < 4.78 is 35.3. The molecule has 3 aliphatic heterocycles. The molecular weight excluding hydrogens is 436 g/mol. The second kappa shape index (κ2) is 9.74. The third kappa shape index (κ3) is 4.75. The Bertz CT molecular complexity index is 1020. The van der Waals surface area contributed by atoms with Gasteiger partial charge < -0.3 is 14.5 Å². The molecule has 3 aliphatic rings. The largest absolute Gasteiger partial charge is 0.486 e. The van der Waals surface area contributed by atoms with E-state index in [1.807, 2.05) is 0 Å². The molecule has 8 heteroatoms. The molecule has 0 spiro atoms. The Morgan fingerprint density at radius 2 is 1.85 bits per heavy atom.